The molecule has 0 unspecified atom stereocenters. The summed E-state index contributed by atoms with van der Waals surface area (Å²) in [6, 6.07) is 0.590. The van der Waals surface area contributed by atoms with E-state index in [9.17, 15) is 4.79 Å². The minimum absolute atomic E-state index is 0.120. The number of rotatable bonds is 7. The van der Waals surface area contributed by atoms with Crippen LogP contribution in [0.15, 0.2) is 0 Å². The van der Waals surface area contributed by atoms with Crippen LogP contribution in [0, 0.1) is 12.3 Å². The lowest BCUT2D eigenvalue weighted by molar-refractivity contribution is -0.144. The second-order valence-electron chi connectivity index (χ2n) is 3.81. The van der Waals surface area contributed by atoms with Gasteiger partial charge in [-0.2, -0.15) is 0 Å². The monoisotopic (exact) mass is 209 g/mol. The van der Waals surface area contributed by atoms with Crippen molar-refractivity contribution < 1.29 is 9.53 Å². The fraction of sp³-hybridized carbons (Fsp3) is 0.750. The van der Waals surface area contributed by atoms with Gasteiger partial charge < -0.3 is 4.74 Å². The first-order valence-corrected chi connectivity index (χ1v) is 5.61. The zero-order valence-electron chi connectivity index (χ0n) is 9.37. The maximum Gasteiger partial charge on any atom is 0.320 e. The smallest absolute Gasteiger partial charge is 0.320 e. The molecule has 1 aliphatic rings. The summed E-state index contributed by atoms with van der Waals surface area (Å²) >= 11 is 0. The van der Waals surface area contributed by atoms with E-state index < -0.39 is 0 Å². The van der Waals surface area contributed by atoms with Gasteiger partial charge in [0.15, 0.2) is 0 Å². The third-order valence-electron chi connectivity index (χ3n) is 2.47. The first kappa shape index (κ1) is 12.1. The first-order chi connectivity index (χ1) is 7.27. The summed E-state index contributed by atoms with van der Waals surface area (Å²) in [4.78, 5) is 13.5. The maximum atomic E-state index is 11.3. The molecule has 3 heteroatoms. The highest BCUT2D eigenvalue weighted by Crippen LogP contribution is 2.26. The molecule has 0 spiro atoms. The minimum Gasteiger partial charge on any atom is -0.465 e. The van der Waals surface area contributed by atoms with Crippen molar-refractivity contribution in [2.75, 3.05) is 19.7 Å². The Morgan fingerprint density at radius 1 is 1.60 bits per heavy atom. The van der Waals surface area contributed by atoms with Crippen LogP contribution in [0.3, 0.4) is 0 Å². The van der Waals surface area contributed by atoms with E-state index in [0.29, 0.717) is 19.2 Å². The maximum absolute atomic E-state index is 11.3. The van der Waals surface area contributed by atoms with Gasteiger partial charge in [0.1, 0.15) is 0 Å². The van der Waals surface area contributed by atoms with Crippen LogP contribution in [0.25, 0.3) is 0 Å². The molecule has 84 valence electrons. The Hall–Kier alpha value is -1.01. The van der Waals surface area contributed by atoms with E-state index in [-0.39, 0.29) is 5.97 Å². The second kappa shape index (κ2) is 6.47. The fourth-order valence-corrected chi connectivity index (χ4v) is 1.59. The van der Waals surface area contributed by atoms with E-state index in [1.54, 1.807) is 0 Å². The highest BCUT2D eigenvalue weighted by atomic mass is 16.5. The zero-order valence-corrected chi connectivity index (χ0v) is 9.37. The quantitative estimate of drug-likeness (QED) is 0.361. The van der Waals surface area contributed by atoms with Crippen molar-refractivity contribution in [1.29, 1.82) is 0 Å². The molecule has 15 heavy (non-hydrogen) atoms. The van der Waals surface area contributed by atoms with Crippen LogP contribution < -0.4 is 0 Å². The number of hydrogen-bond acceptors (Lipinski definition) is 3. The molecule has 0 atom stereocenters. The molecular weight excluding hydrogens is 190 g/mol. The van der Waals surface area contributed by atoms with Crippen molar-refractivity contribution >= 4 is 5.97 Å². The van der Waals surface area contributed by atoms with Crippen LogP contribution in [-0.4, -0.2) is 36.6 Å². The number of ether oxygens (including phenoxy) is 1. The molecule has 0 amide bonds. The molecule has 0 saturated heterocycles. The van der Waals surface area contributed by atoms with Crippen molar-refractivity contribution in [1.82, 2.24) is 4.90 Å². The van der Waals surface area contributed by atoms with E-state index in [4.69, 9.17) is 11.2 Å². The molecule has 1 aliphatic carbocycles. The predicted molar refractivity (Wildman–Crippen MR) is 59.3 cm³/mol. The number of carbonyl (C=O) groups excluding carboxylic acids is 1. The van der Waals surface area contributed by atoms with Gasteiger partial charge in [-0.15, -0.1) is 12.3 Å². The summed E-state index contributed by atoms with van der Waals surface area (Å²) in [6.45, 7) is 3.62. The SMILES string of the molecule is C#CCCCN(CC(=O)OCC)C1CC1. The minimum atomic E-state index is -0.120. The van der Waals surface area contributed by atoms with Gasteiger partial charge in [0.2, 0.25) is 0 Å². The second-order valence-corrected chi connectivity index (χ2v) is 3.81. The molecular formula is C12H19NO2. The molecule has 0 aromatic rings. The Kier molecular flexibility index (Phi) is 5.20. The number of terminal acetylenes is 1. The molecule has 0 N–H and O–H groups in total. The van der Waals surface area contributed by atoms with Crippen LogP contribution in [0.5, 0.6) is 0 Å². The van der Waals surface area contributed by atoms with Crippen LogP contribution in [0.2, 0.25) is 0 Å². The zero-order chi connectivity index (χ0) is 11.1. The fourth-order valence-electron chi connectivity index (χ4n) is 1.59. The molecule has 0 heterocycles. The Labute approximate surface area is 91.8 Å². The lowest BCUT2D eigenvalue weighted by Crippen LogP contribution is -2.33. The van der Waals surface area contributed by atoms with E-state index >= 15 is 0 Å². The third kappa shape index (κ3) is 4.85. The molecule has 0 radical (unpaired) electrons. The highest BCUT2D eigenvalue weighted by Gasteiger charge is 2.29. The molecule has 1 rings (SSSR count). The van der Waals surface area contributed by atoms with Crippen molar-refractivity contribution in [2.45, 2.75) is 38.6 Å². The number of unbranched alkanes of at least 4 members (excludes halogenated alkanes) is 1. The molecule has 0 aromatic carbocycles. The Morgan fingerprint density at radius 3 is 2.87 bits per heavy atom. The van der Waals surface area contributed by atoms with E-state index in [1.165, 1.54) is 12.8 Å². The Morgan fingerprint density at radius 2 is 2.33 bits per heavy atom. The standard InChI is InChI=1S/C12H19NO2/c1-3-5-6-9-13(11-7-8-11)10-12(14)15-4-2/h1,11H,4-10H2,2H3. The average molecular weight is 209 g/mol. The van der Waals surface area contributed by atoms with Gasteiger partial charge in [-0.3, -0.25) is 9.69 Å². The van der Waals surface area contributed by atoms with Crippen LogP contribution in [0.4, 0.5) is 0 Å². The summed E-state index contributed by atoms with van der Waals surface area (Å²) in [5.41, 5.74) is 0. The number of carbonyl (C=O) groups is 1. The van der Waals surface area contributed by atoms with Crippen LogP contribution >= 0.6 is 0 Å². The number of esters is 1. The molecule has 0 aromatic heterocycles. The van der Waals surface area contributed by atoms with Gasteiger partial charge >= 0.3 is 5.97 Å². The molecule has 0 bridgehead atoms. The lowest BCUT2D eigenvalue weighted by atomic mass is 10.3. The van der Waals surface area contributed by atoms with Crippen molar-refractivity contribution in [2.24, 2.45) is 0 Å². The Bertz CT molecular complexity index is 240. The topological polar surface area (TPSA) is 29.5 Å². The first-order valence-electron chi connectivity index (χ1n) is 5.61. The van der Waals surface area contributed by atoms with Crippen molar-refractivity contribution in [3.05, 3.63) is 0 Å². The largest absolute Gasteiger partial charge is 0.465 e. The van der Waals surface area contributed by atoms with Crippen LogP contribution in [0.1, 0.15) is 32.6 Å². The van der Waals surface area contributed by atoms with Gasteiger partial charge in [0, 0.05) is 12.5 Å². The Balaban J connectivity index is 2.24. The summed E-state index contributed by atoms with van der Waals surface area (Å²) < 4.78 is 4.94. The van der Waals surface area contributed by atoms with E-state index in [1.807, 2.05) is 6.92 Å². The molecule has 3 nitrogen and oxygen atoms in total. The van der Waals surface area contributed by atoms with Gasteiger partial charge in [0.05, 0.1) is 13.2 Å². The van der Waals surface area contributed by atoms with Crippen LogP contribution in [-0.2, 0) is 9.53 Å². The predicted octanol–water partition coefficient (Wildman–Crippen LogP) is 1.43. The summed E-state index contributed by atoms with van der Waals surface area (Å²) in [6.07, 6.45) is 9.35. The van der Waals surface area contributed by atoms with Gasteiger partial charge in [-0.1, -0.05) is 0 Å². The third-order valence-corrected chi connectivity index (χ3v) is 2.47. The van der Waals surface area contributed by atoms with E-state index in [2.05, 4.69) is 10.8 Å². The lowest BCUT2D eigenvalue weighted by Gasteiger charge is -2.20. The van der Waals surface area contributed by atoms with Gasteiger partial charge in [-0.05, 0) is 32.7 Å². The molecule has 1 fully saturated rings. The normalized spacial score (nSPS) is 15.0. The highest BCUT2D eigenvalue weighted by molar-refractivity contribution is 5.71. The molecule has 1 saturated carbocycles. The summed E-state index contributed by atoms with van der Waals surface area (Å²) in [5.74, 6) is 2.50. The molecule has 0 aliphatic heterocycles. The summed E-state index contributed by atoms with van der Waals surface area (Å²) in [5, 5.41) is 0. The summed E-state index contributed by atoms with van der Waals surface area (Å²) in [7, 11) is 0. The van der Waals surface area contributed by atoms with Crippen molar-refractivity contribution in [3.8, 4) is 12.3 Å². The number of hydrogen-bond donors (Lipinski definition) is 0. The van der Waals surface area contributed by atoms with Crippen molar-refractivity contribution in [3.63, 3.8) is 0 Å². The number of nitrogens with zero attached hydrogens (tertiary/aromatic N) is 1. The average Bonchev–Trinajstić information content (AvgIpc) is 3.00. The van der Waals surface area contributed by atoms with E-state index in [0.717, 1.165) is 19.4 Å². The van der Waals surface area contributed by atoms with Gasteiger partial charge in [0.25, 0.3) is 0 Å². The van der Waals surface area contributed by atoms with Gasteiger partial charge in [-0.25, -0.2) is 0 Å².